The molecule has 4 heteroatoms. The van der Waals surface area contributed by atoms with Crippen molar-refractivity contribution in [3.05, 3.63) is 0 Å². The summed E-state index contributed by atoms with van der Waals surface area (Å²) in [5.74, 6) is 5.94. The first-order valence-electron chi connectivity index (χ1n) is 6.17. The number of nitrogens with zero attached hydrogens (tertiary/aromatic N) is 1. The van der Waals surface area contributed by atoms with Crippen molar-refractivity contribution in [1.82, 2.24) is 5.01 Å². The third kappa shape index (κ3) is 4.94. The van der Waals surface area contributed by atoms with Gasteiger partial charge in [0.25, 0.3) is 0 Å². The van der Waals surface area contributed by atoms with Crippen LogP contribution in [-0.2, 0) is 9.53 Å². The van der Waals surface area contributed by atoms with Crippen molar-refractivity contribution >= 4 is 5.97 Å². The van der Waals surface area contributed by atoms with Crippen LogP contribution >= 0.6 is 0 Å². The van der Waals surface area contributed by atoms with Crippen molar-refractivity contribution in [1.29, 1.82) is 0 Å². The van der Waals surface area contributed by atoms with Gasteiger partial charge in [0.15, 0.2) is 0 Å². The smallest absolute Gasteiger partial charge is 0.324 e. The third-order valence-corrected chi connectivity index (χ3v) is 3.00. The quantitative estimate of drug-likeness (QED) is 0.300. The summed E-state index contributed by atoms with van der Waals surface area (Å²) in [5, 5.41) is 1.63. The molecule has 0 aliphatic carbocycles. The van der Waals surface area contributed by atoms with Gasteiger partial charge in [0, 0.05) is 6.54 Å². The van der Waals surface area contributed by atoms with Crippen LogP contribution in [0.3, 0.4) is 0 Å². The van der Waals surface area contributed by atoms with Gasteiger partial charge in [-0.25, -0.2) is 5.01 Å². The largest absolute Gasteiger partial charge is 0.468 e. The molecule has 4 nitrogen and oxygen atoms in total. The predicted octanol–water partition coefficient (Wildman–Crippen LogP) is 1.94. The number of hydrazine groups is 1. The van der Waals surface area contributed by atoms with E-state index in [9.17, 15) is 4.79 Å². The lowest BCUT2D eigenvalue weighted by molar-refractivity contribution is -0.149. The number of ether oxygens (including phenoxy) is 1. The lowest BCUT2D eigenvalue weighted by atomic mass is 9.98. The normalized spacial score (nSPS) is 14.9. The number of methoxy groups -OCH3 is 1. The van der Waals surface area contributed by atoms with Crippen LogP contribution in [0, 0.1) is 5.92 Å². The molecule has 96 valence electrons. The van der Waals surface area contributed by atoms with Gasteiger partial charge in [0.2, 0.25) is 0 Å². The second kappa shape index (κ2) is 8.53. The number of esters is 1. The van der Waals surface area contributed by atoms with Gasteiger partial charge in [-0.2, -0.15) is 0 Å². The zero-order chi connectivity index (χ0) is 12.6. The fourth-order valence-corrected chi connectivity index (χ4v) is 1.72. The van der Waals surface area contributed by atoms with E-state index in [4.69, 9.17) is 10.6 Å². The van der Waals surface area contributed by atoms with E-state index in [0.717, 1.165) is 32.2 Å². The summed E-state index contributed by atoms with van der Waals surface area (Å²) in [7, 11) is 1.41. The molecule has 0 saturated heterocycles. The SMILES string of the molecule is CCCCCN(N)C(C(=O)OC)C(C)CC. The molecule has 0 spiro atoms. The molecule has 0 radical (unpaired) electrons. The Kier molecular flexibility index (Phi) is 8.21. The number of carbonyl (C=O) groups excluding carboxylic acids is 1. The Labute approximate surface area is 99.1 Å². The average molecular weight is 230 g/mol. The maximum Gasteiger partial charge on any atom is 0.324 e. The van der Waals surface area contributed by atoms with Gasteiger partial charge in [0.1, 0.15) is 6.04 Å². The van der Waals surface area contributed by atoms with E-state index in [2.05, 4.69) is 13.8 Å². The van der Waals surface area contributed by atoms with E-state index in [-0.39, 0.29) is 17.9 Å². The Bertz CT molecular complexity index is 197. The van der Waals surface area contributed by atoms with Gasteiger partial charge in [-0.3, -0.25) is 10.6 Å². The molecule has 0 aliphatic heterocycles. The Morgan fingerprint density at radius 3 is 2.44 bits per heavy atom. The maximum absolute atomic E-state index is 11.6. The second-order valence-corrected chi connectivity index (χ2v) is 4.30. The molecule has 0 bridgehead atoms. The summed E-state index contributed by atoms with van der Waals surface area (Å²) in [5.41, 5.74) is 0. The minimum Gasteiger partial charge on any atom is -0.468 e. The molecule has 0 saturated carbocycles. The Balaban J connectivity index is 4.32. The van der Waals surface area contributed by atoms with Crippen molar-refractivity contribution in [2.24, 2.45) is 11.8 Å². The Morgan fingerprint density at radius 1 is 1.38 bits per heavy atom. The van der Waals surface area contributed by atoms with Crippen molar-refractivity contribution in [3.8, 4) is 0 Å². The van der Waals surface area contributed by atoms with Gasteiger partial charge in [0.05, 0.1) is 7.11 Å². The number of unbranched alkanes of at least 4 members (excludes halogenated alkanes) is 2. The van der Waals surface area contributed by atoms with Crippen LogP contribution in [0.2, 0.25) is 0 Å². The Hall–Kier alpha value is -0.610. The van der Waals surface area contributed by atoms with Crippen LogP contribution in [0.25, 0.3) is 0 Å². The third-order valence-electron chi connectivity index (χ3n) is 3.00. The highest BCUT2D eigenvalue weighted by molar-refractivity contribution is 5.75. The van der Waals surface area contributed by atoms with E-state index in [1.54, 1.807) is 5.01 Å². The molecule has 0 amide bonds. The minimum atomic E-state index is -0.313. The van der Waals surface area contributed by atoms with Crippen molar-refractivity contribution in [3.63, 3.8) is 0 Å². The summed E-state index contributed by atoms with van der Waals surface area (Å²) in [6.07, 6.45) is 4.24. The first-order valence-corrected chi connectivity index (χ1v) is 6.17. The number of nitrogens with two attached hydrogens (primary N) is 1. The van der Waals surface area contributed by atoms with Crippen LogP contribution < -0.4 is 5.84 Å². The zero-order valence-electron chi connectivity index (χ0n) is 11.0. The topological polar surface area (TPSA) is 55.6 Å². The van der Waals surface area contributed by atoms with Crippen molar-refractivity contribution in [2.45, 2.75) is 52.5 Å². The maximum atomic E-state index is 11.6. The molecule has 0 aromatic rings. The molecule has 0 aliphatic rings. The molecule has 0 rings (SSSR count). The highest BCUT2D eigenvalue weighted by Crippen LogP contribution is 2.14. The van der Waals surface area contributed by atoms with E-state index in [0.29, 0.717) is 0 Å². The molecule has 0 aromatic carbocycles. The Morgan fingerprint density at radius 2 is 2.00 bits per heavy atom. The summed E-state index contributed by atoms with van der Waals surface area (Å²) in [4.78, 5) is 11.6. The van der Waals surface area contributed by atoms with E-state index in [1.807, 2.05) is 6.92 Å². The van der Waals surface area contributed by atoms with Gasteiger partial charge >= 0.3 is 5.97 Å². The molecule has 16 heavy (non-hydrogen) atoms. The van der Waals surface area contributed by atoms with Gasteiger partial charge in [-0.15, -0.1) is 0 Å². The molecule has 0 aromatic heterocycles. The van der Waals surface area contributed by atoms with Gasteiger partial charge < -0.3 is 4.74 Å². The van der Waals surface area contributed by atoms with Gasteiger partial charge in [-0.05, 0) is 12.3 Å². The monoisotopic (exact) mass is 230 g/mol. The van der Waals surface area contributed by atoms with Crippen LogP contribution in [0.5, 0.6) is 0 Å². The molecular weight excluding hydrogens is 204 g/mol. The minimum absolute atomic E-state index is 0.221. The fraction of sp³-hybridized carbons (Fsp3) is 0.917. The van der Waals surface area contributed by atoms with E-state index in [1.165, 1.54) is 7.11 Å². The highest BCUT2D eigenvalue weighted by Gasteiger charge is 2.29. The van der Waals surface area contributed by atoms with Crippen LogP contribution in [0.1, 0.15) is 46.5 Å². The predicted molar refractivity (Wildman–Crippen MR) is 65.7 cm³/mol. The summed E-state index contributed by atoms with van der Waals surface area (Å²) in [6.45, 7) is 6.98. The standard InChI is InChI=1S/C12H26N2O2/c1-5-7-8-9-14(13)11(10(3)6-2)12(15)16-4/h10-11H,5-9,13H2,1-4H3. The summed E-state index contributed by atoms with van der Waals surface area (Å²) in [6, 6.07) is -0.313. The zero-order valence-corrected chi connectivity index (χ0v) is 11.0. The van der Waals surface area contributed by atoms with Crippen molar-refractivity contribution in [2.75, 3.05) is 13.7 Å². The van der Waals surface area contributed by atoms with Crippen LogP contribution in [-0.4, -0.2) is 30.7 Å². The average Bonchev–Trinajstić information content (AvgIpc) is 2.29. The molecule has 2 N–H and O–H groups in total. The fourth-order valence-electron chi connectivity index (χ4n) is 1.72. The molecule has 0 fully saturated rings. The lowest BCUT2D eigenvalue weighted by Crippen LogP contribution is -2.50. The first-order chi connectivity index (χ1) is 7.58. The highest BCUT2D eigenvalue weighted by atomic mass is 16.5. The molecule has 0 heterocycles. The first kappa shape index (κ1) is 15.4. The number of hydrogen-bond donors (Lipinski definition) is 1. The second-order valence-electron chi connectivity index (χ2n) is 4.30. The molecule has 2 unspecified atom stereocenters. The van der Waals surface area contributed by atoms with Crippen molar-refractivity contribution < 1.29 is 9.53 Å². The van der Waals surface area contributed by atoms with E-state index >= 15 is 0 Å². The van der Waals surface area contributed by atoms with Crippen LogP contribution in [0.4, 0.5) is 0 Å². The number of hydrogen-bond acceptors (Lipinski definition) is 4. The molecule has 2 atom stereocenters. The number of rotatable bonds is 8. The summed E-state index contributed by atoms with van der Waals surface area (Å²) < 4.78 is 4.80. The van der Waals surface area contributed by atoms with E-state index < -0.39 is 0 Å². The van der Waals surface area contributed by atoms with Crippen LogP contribution in [0.15, 0.2) is 0 Å². The lowest BCUT2D eigenvalue weighted by Gasteiger charge is -2.29. The van der Waals surface area contributed by atoms with Gasteiger partial charge in [-0.1, -0.05) is 40.0 Å². The summed E-state index contributed by atoms with van der Waals surface area (Å²) >= 11 is 0. The molecular formula is C12H26N2O2. The number of carbonyl (C=O) groups is 1.